The van der Waals surface area contributed by atoms with E-state index in [-0.39, 0.29) is 28.3 Å². The van der Waals surface area contributed by atoms with Gasteiger partial charge in [-0.05, 0) is 37.3 Å². The Bertz CT molecular complexity index is 1290. The fraction of sp³-hybridized carbons (Fsp3) is 0.286. The lowest BCUT2D eigenvalue weighted by atomic mass is 10.3. The van der Waals surface area contributed by atoms with Crippen molar-refractivity contribution in [3.8, 4) is 0 Å². The van der Waals surface area contributed by atoms with Crippen LogP contribution >= 0.6 is 11.6 Å². The van der Waals surface area contributed by atoms with Crippen molar-refractivity contribution >= 4 is 50.2 Å². The van der Waals surface area contributed by atoms with E-state index in [4.69, 9.17) is 11.6 Å². The molecule has 9 nitrogen and oxygen atoms in total. The summed E-state index contributed by atoms with van der Waals surface area (Å²) in [6, 6.07) is 11.2. The molecule has 0 bridgehead atoms. The molecule has 0 unspecified atom stereocenters. The van der Waals surface area contributed by atoms with E-state index in [1.165, 1.54) is 39.2 Å². The molecule has 0 saturated carbocycles. The van der Waals surface area contributed by atoms with E-state index >= 15 is 0 Å². The number of benzene rings is 2. The van der Waals surface area contributed by atoms with Gasteiger partial charge in [0, 0.05) is 26.7 Å². The Balaban J connectivity index is 1.91. The molecule has 170 valence electrons. The lowest BCUT2D eigenvalue weighted by Crippen LogP contribution is -2.28. The Labute approximate surface area is 191 Å². The molecule has 0 aliphatic heterocycles. The number of carbonyl (C=O) groups is 2. The Morgan fingerprint density at radius 2 is 1.88 bits per heavy atom. The molecule has 0 spiro atoms. The number of nitrogens with one attached hydrogen (secondary N) is 2. The molecule has 32 heavy (non-hydrogen) atoms. The van der Waals surface area contributed by atoms with Crippen molar-refractivity contribution in [2.75, 3.05) is 19.4 Å². The number of rotatable bonds is 7. The standard InChI is InChI=1S/C21H24ClN5O4S/c1-13(23-14(2)28)21-25-17-7-5-6-8-18(17)27(21)12-20(29)24-15-9-10-16(22)19(11-15)32(30,31)26(3)4/h5-11,13H,12H2,1-4H3,(H,23,28)(H,24,29)/t13-/m1/s1. The summed E-state index contributed by atoms with van der Waals surface area (Å²) in [4.78, 5) is 28.8. The molecule has 0 radical (unpaired) electrons. The largest absolute Gasteiger partial charge is 0.347 e. The van der Waals surface area contributed by atoms with Gasteiger partial charge >= 0.3 is 0 Å². The molecule has 0 aliphatic carbocycles. The molecule has 2 N–H and O–H groups in total. The van der Waals surface area contributed by atoms with Crippen LogP contribution in [0, 0.1) is 0 Å². The summed E-state index contributed by atoms with van der Waals surface area (Å²) < 4.78 is 27.7. The summed E-state index contributed by atoms with van der Waals surface area (Å²) in [5, 5.41) is 5.56. The predicted octanol–water partition coefficient (Wildman–Crippen LogP) is 2.78. The molecule has 2 amide bonds. The molecule has 2 aromatic carbocycles. The van der Waals surface area contributed by atoms with Gasteiger partial charge in [-0.15, -0.1) is 0 Å². The first kappa shape index (κ1) is 23.7. The van der Waals surface area contributed by atoms with Crippen LogP contribution < -0.4 is 10.6 Å². The highest BCUT2D eigenvalue weighted by Crippen LogP contribution is 2.27. The van der Waals surface area contributed by atoms with Crippen LogP contribution in [0.1, 0.15) is 25.7 Å². The first-order valence-electron chi connectivity index (χ1n) is 9.75. The van der Waals surface area contributed by atoms with Crippen LogP contribution in [0.5, 0.6) is 0 Å². The maximum Gasteiger partial charge on any atom is 0.244 e. The van der Waals surface area contributed by atoms with Gasteiger partial charge in [-0.25, -0.2) is 17.7 Å². The van der Waals surface area contributed by atoms with Crippen molar-refractivity contribution in [1.29, 1.82) is 0 Å². The van der Waals surface area contributed by atoms with E-state index in [9.17, 15) is 18.0 Å². The number of para-hydroxylation sites is 2. The van der Waals surface area contributed by atoms with Crippen molar-refractivity contribution in [2.24, 2.45) is 0 Å². The van der Waals surface area contributed by atoms with Crippen molar-refractivity contribution in [2.45, 2.75) is 31.3 Å². The molecule has 0 fully saturated rings. The van der Waals surface area contributed by atoms with Crippen LogP contribution in [0.3, 0.4) is 0 Å². The van der Waals surface area contributed by atoms with Crippen LogP contribution in [0.2, 0.25) is 5.02 Å². The monoisotopic (exact) mass is 477 g/mol. The molecular formula is C21H24ClN5O4S. The number of hydrogen-bond acceptors (Lipinski definition) is 5. The molecule has 3 aromatic rings. The van der Waals surface area contributed by atoms with Crippen LogP contribution in [0.15, 0.2) is 47.4 Å². The van der Waals surface area contributed by atoms with E-state index in [1.807, 2.05) is 24.3 Å². The summed E-state index contributed by atoms with van der Waals surface area (Å²) in [7, 11) is -0.976. The fourth-order valence-electron chi connectivity index (χ4n) is 3.28. The van der Waals surface area contributed by atoms with Gasteiger partial charge in [0.05, 0.1) is 22.1 Å². The number of halogens is 1. The highest BCUT2D eigenvalue weighted by atomic mass is 35.5. The van der Waals surface area contributed by atoms with Crippen molar-refractivity contribution in [3.05, 3.63) is 53.3 Å². The van der Waals surface area contributed by atoms with Gasteiger partial charge in [0.15, 0.2) is 0 Å². The number of imidazole rings is 1. The van der Waals surface area contributed by atoms with E-state index < -0.39 is 16.1 Å². The Kier molecular flexibility index (Phi) is 6.87. The van der Waals surface area contributed by atoms with Crippen molar-refractivity contribution in [1.82, 2.24) is 19.2 Å². The number of sulfonamides is 1. The first-order valence-corrected chi connectivity index (χ1v) is 11.6. The van der Waals surface area contributed by atoms with Crippen LogP contribution in [0.25, 0.3) is 11.0 Å². The van der Waals surface area contributed by atoms with E-state index in [0.29, 0.717) is 17.0 Å². The second-order valence-corrected chi connectivity index (χ2v) is 9.98. The molecule has 0 aliphatic rings. The molecule has 1 heterocycles. The Morgan fingerprint density at radius 3 is 2.53 bits per heavy atom. The van der Waals surface area contributed by atoms with E-state index in [1.54, 1.807) is 11.5 Å². The predicted molar refractivity (Wildman–Crippen MR) is 123 cm³/mol. The maximum absolute atomic E-state index is 12.9. The quantitative estimate of drug-likeness (QED) is 0.543. The van der Waals surface area contributed by atoms with Crippen LogP contribution in [-0.4, -0.2) is 48.2 Å². The van der Waals surface area contributed by atoms with Crippen LogP contribution in [-0.2, 0) is 26.2 Å². The van der Waals surface area contributed by atoms with Gasteiger partial charge in [-0.1, -0.05) is 23.7 Å². The normalized spacial score (nSPS) is 12.7. The maximum atomic E-state index is 12.9. The van der Waals surface area contributed by atoms with Gasteiger partial charge in [0.25, 0.3) is 0 Å². The zero-order chi connectivity index (χ0) is 23.6. The number of anilines is 1. The minimum atomic E-state index is -3.78. The number of carbonyl (C=O) groups excluding carboxylic acids is 2. The third-order valence-electron chi connectivity index (χ3n) is 4.77. The highest BCUT2D eigenvalue weighted by Gasteiger charge is 2.22. The smallest absolute Gasteiger partial charge is 0.244 e. The highest BCUT2D eigenvalue weighted by molar-refractivity contribution is 7.89. The lowest BCUT2D eigenvalue weighted by molar-refractivity contribution is -0.119. The summed E-state index contributed by atoms with van der Waals surface area (Å²) in [6.45, 7) is 3.11. The molecule has 11 heteroatoms. The van der Waals surface area contributed by atoms with Crippen LogP contribution in [0.4, 0.5) is 5.69 Å². The third-order valence-corrected chi connectivity index (χ3v) is 7.06. The molecule has 0 saturated heterocycles. The number of fused-ring (bicyclic) bond motifs is 1. The van der Waals surface area contributed by atoms with Crippen molar-refractivity contribution < 1.29 is 18.0 Å². The number of aromatic nitrogens is 2. The summed E-state index contributed by atoms with van der Waals surface area (Å²) >= 11 is 6.07. The molecule has 1 atom stereocenters. The summed E-state index contributed by atoms with van der Waals surface area (Å²) in [5.41, 5.74) is 1.72. The van der Waals surface area contributed by atoms with Gasteiger partial charge in [0.2, 0.25) is 21.8 Å². The number of amides is 2. The SMILES string of the molecule is CC(=O)N[C@H](C)c1nc2ccccc2n1CC(=O)Nc1ccc(Cl)c(S(=O)(=O)N(C)C)c1. The zero-order valence-electron chi connectivity index (χ0n) is 18.1. The minimum Gasteiger partial charge on any atom is -0.347 e. The molecular weight excluding hydrogens is 454 g/mol. The van der Waals surface area contributed by atoms with Gasteiger partial charge in [0.1, 0.15) is 17.3 Å². The molecule has 1 aromatic heterocycles. The fourth-order valence-corrected chi connectivity index (χ4v) is 4.67. The lowest BCUT2D eigenvalue weighted by Gasteiger charge is -2.16. The third kappa shape index (κ3) is 4.93. The average molecular weight is 478 g/mol. The van der Waals surface area contributed by atoms with Crippen molar-refractivity contribution in [3.63, 3.8) is 0 Å². The second kappa shape index (κ2) is 9.27. The first-order chi connectivity index (χ1) is 15.0. The summed E-state index contributed by atoms with van der Waals surface area (Å²) in [6.07, 6.45) is 0. The average Bonchev–Trinajstić information content (AvgIpc) is 3.07. The van der Waals surface area contributed by atoms with E-state index in [2.05, 4.69) is 15.6 Å². The minimum absolute atomic E-state index is 0.0590. The second-order valence-electron chi connectivity index (χ2n) is 7.45. The summed E-state index contributed by atoms with van der Waals surface area (Å²) in [5.74, 6) is -0.0696. The van der Waals surface area contributed by atoms with E-state index in [0.717, 1.165) is 9.82 Å². The zero-order valence-corrected chi connectivity index (χ0v) is 19.7. The molecule has 3 rings (SSSR count). The Hall–Kier alpha value is -2.95. The Morgan fingerprint density at radius 1 is 1.19 bits per heavy atom. The number of hydrogen-bond donors (Lipinski definition) is 2. The topological polar surface area (TPSA) is 113 Å². The van der Waals surface area contributed by atoms with Gasteiger partial charge < -0.3 is 15.2 Å². The van der Waals surface area contributed by atoms with Gasteiger partial charge in [-0.2, -0.15) is 0 Å². The number of nitrogens with zero attached hydrogens (tertiary/aromatic N) is 3. The van der Waals surface area contributed by atoms with Gasteiger partial charge in [-0.3, -0.25) is 9.59 Å².